The second-order valence-corrected chi connectivity index (χ2v) is 27.2. The van der Waals surface area contributed by atoms with Crippen molar-refractivity contribution in [2.75, 3.05) is 35.5 Å². The predicted octanol–water partition coefficient (Wildman–Crippen LogP) is 3.83. The van der Waals surface area contributed by atoms with Crippen LogP contribution in [0.1, 0.15) is 64.2 Å². The molecular weight excluding hydrogens is 541 g/mol. The van der Waals surface area contributed by atoms with E-state index in [4.69, 9.17) is 42.7 Å². The van der Waals surface area contributed by atoms with E-state index in [0.717, 1.165) is 64.2 Å². The maximum atomic E-state index is 7.11. The van der Waals surface area contributed by atoms with Crippen molar-refractivity contribution in [2.45, 2.75) is 91.9 Å². The molecule has 1 saturated heterocycles. The zero-order chi connectivity index (χ0) is 24.5. The third-order valence-electron chi connectivity index (χ3n) is 8.23. The lowest BCUT2D eigenvalue weighted by Gasteiger charge is -2.49. The first kappa shape index (κ1) is 25.9. The minimum atomic E-state index is -3.30. The van der Waals surface area contributed by atoms with Gasteiger partial charge in [0.2, 0.25) is 0 Å². The van der Waals surface area contributed by atoms with Gasteiger partial charge in [-0.1, -0.05) is 0 Å². The summed E-state index contributed by atoms with van der Waals surface area (Å²) in [5.74, 6) is 0. The number of hydrogen-bond donors (Lipinski definition) is 0. The van der Waals surface area contributed by atoms with E-state index in [1.165, 1.54) is 0 Å². The van der Waals surface area contributed by atoms with E-state index in [9.17, 15) is 0 Å². The third-order valence-corrected chi connectivity index (χ3v) is 30.3. The quantitative estimate of drug-likeness (QED) is 0.355. The summed E-state index contributed by atoms with van der Waals surface area (Å²) < 4.78 is 67.1. The Balaban J connectivity index is 1.52. The maximum absolute atomic E-state index is 7.11. The van der Waals surface area contributed by atoms with E-state index in [-0.39, 0.29) is 27.7 Å². The normalized spacial score (nSPS) is 47.6. The number of hydrogen-bond acceptors (Lipinski definition) is 10. The van der Waals surface area contributed by atoms with Gasteiger partial charge in [0.05, 0.1) is 0 Å². The van der Waals surface area contributed by atoms with Gasteiger partial charge in [0.15, 0.2) is 0 Å². The molecule has 0 atom stereocenters. The lowest BCUT2D eigenvalue weighted by Crippen LogP contribution is -2.73. The minimum absolute atomic E-state index is 0.195. The summed E-state index contributed by atoms with van der Waals surface area (Å²) in [5.41, 5.74) is 0.975. The van der Waals surface area contributed by atoms with Crippen LogP contribution < -0.4 is 0 Å². The van der Waals surface area contributed by atoms with Gasteiger partial charge < -0.3 is 42.7 Å². The fraction of sp³-hybridized carbons (Fsp3) is 1.00. The van der Waals surface area contributed by atoms with Gasteiger partial charge >= 0.3 is 44.0 Å². The van der Waals surface area contributed by atoms with Crippen LogP contribution in [0.5, 0.6) is 0 Å². The molecule has 0 N–H and O–H groups in total. The van der Waals surface area contributed by atoms with Gasteiger partial charge in [-0.15, -0.1) is 0 Å². The molecule has 0 radical (unpaired) electrons. The Labute approximate surface area is 214 Å². The van der Waals surface area contributed by atoms with E-state index >= 15 is 0 Å². The maximum Gasteiger partial charge on any atom is 0.489 e. The van der Waals surface area contributed by atoms with E-state index in [2.05, 4.69) is 0 Å². The fourth-order valence-corrected chi connectivity index (χ4v) is 32.0. The SMILES string of the molecule is CO[Si]1(C2CC2)O[Si](OC)(C2CC2)O[Si](OC)(C2CC2)O[Si](OC)(C2CC2)O[Si](OC)(C2CC2)O1. The molecule has 0 aromatic carbocycles. The van der Waals surface area contributed by atoms with Crippen LogP contribution in [-0.4, -0.2) is 79.6 Å². The molecule has 5 saturated carbocycles. The Hall–Kier alpha value is 0.684. The van der Waals surface area contributed by atoms with Gasteiger partial charge in [0.25, 0.3) is 0 Å². The average Bonchev–Trinajstić information content (AvgIpc) is 3.67. The number of rotatable bonds is 10. The van der Waals surface area contributed by atoms with Gasteiger partial charge in [-0.2, -0.15) is 0 Å². The fourth-order valence-electron chi connectivity index (χ4n) is 5.36. The van der Waals surface area contributed by atoms with Crippen LogP contribution in [0.3, 0.4) is 0 Å². The van der Waals surface area contributed by atoms with Crippen LogP contribution >= 0.6 is 0 Å². The van der Waals surface area contributed by atoms with Gasteiger partial charge in [-0.25, -0.2) is 0 Å². The van der Waals surface area contributed by atoms with Crippen LogP contribution in [-0.2, 0) is 42.7 Å². The van der Waals surface area contributed by atoms with Crippen molar-refractivity contribution in [3.8, 4) is 0 Å². The molecule has 6 fully saturated rings. The standard InChI is InChI=1S/C20H40O10Si5/c1-21-31(16-6-7-16)26-32(22-2,17-8-9-17)28-34(24-4,19-12-13-19)30-35(25-5,20-14-15-20)29-33(23-3,27-31)18-10-11-18/h16-20H,6-15H2,1-5H3. The molecule has 15 heteroatoms. The Morgan fingerprint density at radius 2 is 0.486 bits per heavy atom. The summed E-state index contributed by atoms with van der Waals surface area (Å²) in [6.07, 6.45) is 9.99. The first-order chi connectivity index (χ1) is 16.9. The Bertz CT molecular complexity index is 640. The van der Waals surface area contributed by atoms with Crippen LogP contribution in [0.25, 0.3) is 0 Å². The summed E-state index contributed by atoms with van der Waals surface area (Å²) in [5, 5.41) is 0. The van der Waals surface area contributed by atoms with E-state index in [1.807, 2.05) is 0 Å². The van der Waals surface area contributed by atoms with Gasteiger partial charge in [0, 0.05) is 63.3 Å². The van der Waals surface area contributed by atoms with Crippen LogP contribution in [0.2, 0.25) is 27.7 Å². The topological polar surface area (TPSA) is 92.3 Å². The highest BCUT2D eigenvalue weighted by Crippen LogP contribution is 2.61. The molecule has 0 amide bonds. The highest BCUT2D eigenvalue weighted by Gasteiger charge is 2.78. The summed E-state index contributed by atoms with van der Waals surface area (Å²) in [6.45, 7) is 0. The molecule has 0 aromatic rings. The van der Waals surface area contributed by atoms with Crippen molar-refractivity contribution < 1.29 is 42.7 Å². The molecule has 1 heterocycles. The molecule has 5 aliphatic carbocycles. The van der Waals surface area contributed by atoms with Crippen molar-refractivity contribution in [2.24, 2.45) is 0 Å². The van der Waals surface area contributed by atoms with Crippen LogP contribution in [0.15, 0.2) is 0 Å². The van der Waals surface area contributed by atoms with Crippen molar-refractivity contribution in [3.05, 3.63) is 0 Å². The van der Waals surface area contributed by atoms with Crippen molar-refractivity contribution in [3.63, 3.8) is 0 Å². The molecule has 0 aromatic heterocycles. The molecular formula is C20H40O10Si5. The summed E-state index contributed by atoms with van der Waals surface area (Å²) >= 11 is 0. The molecule has 0 bridgehead atoms. The van der Waals surface area contributed by atoms with E-state index in [1.54, 1.807) is 35.5 Å². The molecule has 0 spiro atoms. The largest absolute Gasteiger partial charge is 0.489 e. The molecule has 0 unspecified atom stereocenters. The Morgan fingerprint density at radius 3 is 0.571 bits per heavy atom. The van der Waals surface area contributed by atoms with Gasteiger partial charge in [-0.3, -0.25) is 0 Å². The van der Waals surface area contributed by atoms with E-state index in [0.29, 0.717) is 0 Å². The highest BCUT2D eigenvalue weighted by atomic mass is 28.6. The lowest BCUT2D eigenvalue weighted by atomic mass is 11.0. The third kappa shape index (κ3) is 4.51. The average molecular weight is 581 g/mol. The summed E-state index contributed by atoms with van der Waals surface area (Å²) in [7, 11) is -7.94. The minimum Gasteiger partial charge on any atom is -0.378 e. The van der Waals surface area contributed by atoms with Crippen LogP contribution in [0.4, 0.5) is 0 Å². The lowest BCUT2D eigenvalue weighted by molar-refractivity contribution is 0.0335. The second-order valence-electron chi connectivity index (χ2n) is 10.9. The monoisotopic (exact) mass is 580 g/mol. The highest BCUT2D eigenvalue weighted by molar-refractivity contribution is 6.91. The first-order valence-electron chi connectivity index (χ1n) is 13.1. The zero-order valence-electron chi connectivity index (χ0n) is 21.5. The van der Waals surface area contributed by atoms with E-state index < -0.39 is 44.0 Å². The zero-order valence-corrected chi connectivity index (χ0v) is 26.5. The Morgan fingerprint density at radius 1 is 0.343 bits per heavy atom. The molecule has 6 aliphatic rings. The van der Waals surface area contributed by atoms with Gasteiger partial charge in [-0.05, 0) is 64.2 Å². The Kier molecular flexibility index (Phi) is 6.76. The molecule has 200 valence electrons. The molecule has 6 rings (SSSR count). The molecule has 10 nitrogen and oxygen atoms in total. The smallest absolute Gasteiger partial charge is 0.378 e. The molecule has 1 aliphatic heterocycles. The van der Waals surface area contributed by atoms with Crippen molar-refractivity contribution >= 4 is 44.0 Å². The summed E-state index contributed by atoms with van der Waals surface area (Å²) in [4.78, 5) is 0. The summed E-state index contributed by atoms with van der Waals surface area (Å²) in [6, 6.07) is 0. The second kappa shape index (κ2) is 9.12. The first-order valence-corrected chi connectivity index (χ1v) is 22.1. The molecule has 35 heavy (non-hydrogen) atoms. The van der Waals surface area contributed by atoms with Crippen molar-refractivity contribution in [1.29, 1.82) is 0 Å². The predicted molar refractivity (Wildman–Crippen MR) is 134 cm³/mol. The van der Waals surface area contributed by atoms with Gasteiger partial charge in [0.1, 0.15) is 0 Å². The van der Waals surface area contributed by atoms with Crippen molar-refractivity contribution in [1.82, 2.24) is 0 Å². The van der Waals surface area contributed by atoms with Crippen LogP contribution in [0, 0.1) is 0 Å².